The van der Waals surface area contributed by atoms with Crippen LogP contribution >= 0.6 is 0 Å². The van der Waals surface area contributed by atoms with Crippen molar-refractivity contribution in [2.45, 2.75) is 13.6 Å². The molecule has 0 aliphatic heterocycles. The Morgan fingerprint density at radius 1 is 0.917 bits per heavy atom. The predicted molar refractivity (Wildman–Crippen MR) is 97.8 cm³/mol. The minimum Gasteiger partial charge on any atom is -0.366 e. The van der Waals surface area contributed by atoms with Gasteiger partial charge in [0, 0.05) is 11.3 Å². The van der Waals surface area contributed by atoms with Gasteiger partial charge in [0.1, 0.15) is 12.2 Å². The van der Waals surface area contributed by atoms with Gasteiger partial charge in [-0.1, -0.05) is 59.8 Å². The first-order valence-electron chi connectivity index (χ1n) is 7.99. The molecule has 0 atom stereocenters. The fraction of sp³-hybridized carbons (Fsp3) is 0.100. The van der Waals surface area contributed by atoms with Crippen LogP contribution in [0.25, 0.3) is 22.2 Å². The number of aromatic nitrogens is 3. The zero-order chi connectivity index (χ0) is 16.4. The minimum atomic E-state index is 0.573. The van der Waals surface area contributed by atoms with Crippen molar-refractivity contribution in [3.63, 3.8) is 0 Å². The van der Waals surface area contributed by atoms with E-state index in [1.165, 1.54) is 16.7 Å². The Morgan fingerprint density at radius 3 is 2.58 bits per heavy atom. The molecule has 0 bridgehead atoms. The Labute approximate surface area is 140 Å². The number of fused-ring (bicyclic) bond motifs is 1. The van der Waals surface area contributed by atoms with Gasteiger partial charge in [0.15, 0.2) is 0 Å². The zero-order valence-electron chi connectivity index (χ0n) is 13.5. The fourth-order valence-electron chi connectivity index (χ4n) is 2.87. The summed E-state index contributed by atoms with van der Waals surface area (Å²) in [6, 6.07) is 24.9. The van der Waals surface area contributed by atoms with Gasteiger partial charge in [-0.15, -0.1) is 5.10 Å². The third-order valence-corrected chi connectivity index (χ3v) is 4.10. The van der Waals surface area contributed by atoms with Crippen molar-refractivity contribution in [2.24, 2.45) is 0 Å². The number of nitrogens with zero attached hydrogens (tertiary/aromatic N) is 3. The number of aryl methyl sites for hydroxylation is 1. The van der Waals surface area contributed by atoms with Crippen molar-refractivity contribution in [2.75, 3.05) is 5.32 Å². The van der Waals surface area contributed by atoms with Crippen molar-refractivity contribution in [1.82, 2.24) is 15.0 Å². The average molecular weight is 314 g/mol. The Hall–Kier alpha value is -3.14. The van der Waals surface area contributed by atoms with Gasteiger partial charge in [-0.05, 0) is 36.2 Å². The molecule has 0 spiro atoms. The molecule has 0 amide bonds. The molecule has 1 heterocycles. The first-order chi connectivity index (χ1) is 11.8. The van der Waals surface area contributed by atoms with E-state index in [0.29, 0.717) is 6.67 Å². The van der Waals surface area contributed by atoms with E-state index < -0.39 is 0 Å². The highest BCUT2D eigenvalue weighted by Crippen LogP contribution is 2.27. The molecule has 24 heavy (non-hydrogen) atoms. The van der Waals surface area contributed by atoms with Crippen LogP contribution in [-0.4, -0.2) is 15.0 Å². The Balaban J connectivity index is 1.62. The third-order valence-electron chi connectivity index (χ3n) is 4.10. The van der Waals surface area contributed by atoms with Gasteiger partial charge >= 0.3 is 0 Å². The minimum absolute atomic E-state index is 0.573. The Bertz CT molecular complexity index is 973. The molecule has 0 unspecified atom stereocenters. The first-order valence-corrected chi connectivity index (χ1v) is 7.99. The summed E-state index contributed by atoms with van der Waals surface area (Å²) in [5.41, 5.74) is 6.60. The largest absolute Gasteiger partial charge is 0.366 e. The molecule has 0 saturated carbocycles. The Kier molecular flexibility index (Phi) is 3.71. The van der Waals surface area contributed by atoms with Gasteiger partial charge in [0.2, 0.25) is 0 Å². The van der Waals surface area contributed by atoms with Crippen LogP contribution in [-0.2, 0) is 6.67 Å². The lowest BCUT2D eigenvalue weighted by Crippen LogP contribution is -2.10. The van der Waals surface area contributed by atoms with Crippen molar-refractivity contribution in [1.29, 1.82) is 0 Å². The number of hydrogen-bond donors (Lipinski definition) is 1. The van der Waals surface area contributed by atoms with E-state index in [1.54, 1.807) is 0 Å². The molecular weight excluding hydrogens is 296 g/mol. The summed E-state index contributed by atoms with van der Waals surface area (Å²) in [5, 5.41) is 12.0. The van der Waals surface area contributed by atoms with Crippen molar-refractivity contribution >= 4 is 16.7 Å². The molecule has 4 rings (SSSR count). The zero-order valence-corrected chi connectivity index (χ0v) is 13.5. The van der Waals surface area contributed by atoms with Gasteiger partial charge in [-0.3, -0.25) is 0 Å². The van der Waals surface area contributed by atoms with E-state index >= 15 is 0 Å². The monoisotopic (exact) mass is 314 g/mol. The molecule has 4 aromatic rings. The number of anilines is 1. The van der Waals surface area contributed by atoms with Crippen LogP contribution in [0, 0.1) is 6.92 Å². The fourth-order valence-corrected chi connectivity index (χ4v) is 2.87. The second-order valence-corrected chi connectivity index (χ2v) is 5.83. The van der Waals surface area contributed by atoms with E-state index in [1.807, 2.05) is 16.8 Å². The van der Waals surface area contributed by atoms with Crippen molar-refractivity contribution in [3.05, 3.63) is 78.4 Å². The van der Waals surface area contributed by atoms with Crippen LogP contribution in [0.2, 0.25) is 0 Å². The number of benzene rings is 3. The summed E-state index contributed by atoms with van der Waals surface area (Å²) >= 11 is 0. The molecule has 118 valence electrons. The summed E-state index contributed by atoms with van der Waals surface area (Å²) in [7, 11) is 0. The highest BCUT2D eigenvalue weighted by atomic mass is 15.4. The molecule has 0 radical (unpaired) electrons. The molecule has 4 nitrogen and oxygen atoms in total. The molecule has 0 aliphatic rings. The van der Waals surface area contributed by atoms with Crippen molar-refractivity contribution < 1.29 is 0 Å². The Morgan fingerprint density at radius 2 is 1.71 bits per heavy atom. The summed E-state index contributed by atoms with van der Waals surface area (Å²) in [5.74, 6) is 0. The topological polar surface area (TPSA) is 42.7 Å². The first kappa shape index (κ1) is 14.5. The van der Waals surface area contributed by atoms with Gasteiger partial charge in [0.05, 0.1) is 5.52 Å². The second-order valence-electron chi connectivity index (χ2n) is 5.83. The van der Waals surface area contributed by atoms with Crippen LogP contribution in [0.5, 0.6) is 0 Å². The van der Waals surface area contributed by atoms with Crippen LogP contribution in [0.4, 0.5) is 5.69 Å². The average Bonchev–Trinajstić information content (AvgIpc) is 3.03. The van der Waals surface area contributed by atoms with E-state index in [-0.39, 0.29) is 0 Å². The maximum atomic E-state index is 4.26. The lowest BCUT2D eigenvalue weighted by atomic mass is 10.0. The normalized spacial score (nSPS) is 10.9. The number of para-hydroxylation sites is 1. The maximum absolute atomic E-state index is 4.26. The molecule has 3 aromatic carbocycles. The second kappa shape index (κ2) is 6.16. The predicted octanol–water partition coefficient (Wildman–Crippen LogP) is 4.48. The van der Waals surface area contributed by atoms with Crippen LogP contribution in [0.3, 0.4) is 0 Å². The number of rotatable bonds is 4. The van der Waals surface area contributed by atoms with Gasteiger partial charge in [-0.2, -0.15) is 0 Å². The summed E-state index contributed by atoms with van der Waals surface area (Å²) in [6.07, 6.45) is 0. The SMILES string of the molecule is Cc1ccc2c(c1)nnn2CNc1ccccc1-c1ccccc1. The van der Waals surface area contributed by atoms with Crippen LogP contribution in [0.15, 0.2) is 72.8 Å². The van der Waals surface area contributed by atoms with Crippen molar-refractivity contribution in [3.8, 4) is 11.1 Å². The lowest BCUT2D eigenvalue weighted by molar-refractivity contribution is 0.655. The molecule has 4 heteroatoms. The van der Waals surface area contributed by atoms with Gasteiger partial charge in [-0.25, -0.2) is 4.68 Å². The molecule has 0 saturated heterocycles. The van der Waals surface area contributed by atoms with Crippen LogP contribution in [0.1, 0.15) is 5.56 Å². The van der Waals surface area contributed by atoms with E-state index in [2.05, 4.69) is 83.2 Å². The molecule has 1 N–H and O–H groups in total. The summed E-state index contributed by atoms with van der Waals surface area (Å²) in [4.78, 5) is 0. The van der Waals surface area contributed by atoms with Gasteiger partial charge < -0.3 is 5.32 Å². The number of hydrogen-bond acceptors (Lipinski definition) is 3. The quantitative estimate of drug-likeness (QED) is 0.604. The molecular formula is C20H18N4. The van der Waals surface area contributed by atoms with E-state index in [4.69, 9.17) is 0 Å². The molecule has 1 aromatic heterocycles. The summed E-state index contributed by atoms with van der Waals surface area (Å²) < 4.78 is 1.89. The highest BCUT2D eigenvalue weighted by molar-refractivity contribution is 5.78. The molecule has 0 aliphatic carbocycles. The van der Waals surface area contributed by atoms with Crippen LogP contribution < -0.4 is 5.32 Å². The molecule has 0 fully saturated rings. The number of nitrogens with one attached hydrogen (secondary N) is 1. The van der Waals surface area contributed by atoms with E-state index in [9.17, 15) is 0 Å². The lowest BCUT2D eigenvalue weighted by Gasteiger charge is -2.12. The summed E-state index contributed by atoms with van der Waals surface area (Å²) in [6.45, 7) is 2.64. The standard InChI is InChI=1S/C20H18N4/c1-15-11-12-20-19(13-15)22-23-24(20)14-21-18-10-6-5-9-17(18)16-7-3-2-4-8-16/h2-13,21H,14H2,1H3. The third kappa shape index (κ3) is 2.74. The highest BCUT2D eigenvalue weighted by Gasteiger charge is 2.07. The smallest absolute Gasteiger partial charge is 0.113 e. The maximum Gasteiger partial charge on any atom is 0.113 e. The van der Waals surface area contributed by atoms with E-state index in [0.717, 1.165) is 16.7 Å². The van der Waals surface area contributed by atoms with Gasteiger partial charge in [0.25, 0.3) is 0 Å².